The Bertz CT molecular complexity index is 899. The molecule has 1 aromatic carbocycles. The summed E-state index contributed by atoms with van der Waals surface area (Å²) in [5.41, 5.74) is 1.19. The molecule has 0 aliphatic carbocycles. The Kier molecular flexibility index (Phi) is 7.36. The topological polar surface area (TPSA) is 91.2 Å². The number of carboxylic acids is 1. The van der Waals surface area contributed by atoms with Gasteiger partial charge >= 0.3 is 35.5 Å². The van der Waals surface area contributed by atoms with Crippen molar-refractivity contribution in [2.75, 3.05) is 24.5 Å². The van der Waals surface area contributed by atoms with E-state index in [-0.39, 0.29) is 36.5 Å². The van der Waals surface area contributed by atoms with Gasteiger partial charge in [0.05, 0.1) is 15.8 Å². The number of benzene rings is 1. The van der Waals surface area contributed by atoms with Crippen LogP contribution in [0.1, 0.15) is 29.6 Å². The Morgan fingerprint density at radius 1 is 1.25 bits per heavy atom. The molecule has 3 heterocycles. The Balaban J connectivity index is 0.00000150. The summed E-state index contributed by atoms with van der Waals surface area (Å²) >= 11 is 1.74. The fourth-order valence-electron chi connectivity index (χ4n) is 3.31. The Morgan fingerprint density at radius 3 is 2.64 bits per heavy atom. The Labute approximate surface area is 191 Å². The number of para-hydroxylation sites is 1. The molecule has 0 spiro atoms. The van der Waals surface area contributed by atoms with Crippen LogP contribution in [0.3, 0.4) is 0 Å². The molecule has 0 bridgehead atoms. The van der Waals surface area contributed by atoms with Gasteiger partial charge < -0.3 is 16.7 Å². The number of carbonyl (C=O) groups is 1. The van der Waals surface area contributed by atoms with Gasteiger partial charge in [0.2, 0.25) is 5.95 Å². The molecule has 1 aliphatic heterocycles. The van der Waals surface area contributed by atoms with Crippen molar-refractivity contribution in [3.8, 4) is 0 Å². The predicted octanol–water partition coefficient (Wildman–Crippen LogP) is -0.0928. The SMILES string of the molecule is O=C(O)c1cnc(N2CCC(CNCc3nc4ccccc4s3)CC2)nc1.[H-].[Na+]. The van der Waals surface area contributed by atoms with Crippen LogP contribution in [0.15, 0.2) is 36.7 Å². The number of hydrogen-bond donors (Lipinski definition) is 2. The molecule has 0 unspecified atom stereocenters. The number of nitrogens with zero attached hydrogens (tertiary/aromatic N) is 4. The molecule has 2 aromatic heterocycles. The molecule has 0 saturated carbocycles. The number of thiazole rings is 1. The van der Waals surface area contributed by atoms with E-state index in [1.165, 1.54) is 17.1 Å². The van der Waals surface area contributed by atoms with E-state index in [9.17, 15) is 4.79 Å². The molecule has 1 fully saturated rings. The number of piperidine rings is 1. The maximum atomic E-state index is 10.9. The Hall–Kier alpha value is -1.58. The number of fused-ring (bicyclic) bond motifs is 1. The van der Waals surface area contributed by atoms with E-state index in [0.29, 0.717) is 11.9 Å². The van der Waals surface area contributed by atoms with Gasteiger partial charge in [0.1, 0.15) is 5.01 Å². The number of carboxylic acid groups (broad SMARTS) is 1. The van der Waals surface area contributed by atoms with Gasteiger partial charge in [-0.05, 0) is 37.4 Å². The van der Waals surface area contributed by atoms with E-state index in [4.69, 9.17) is 5.11 Å². The van der Waals surface area contributed by atoms with Crippen molar-refractivity contribution in [2.24, 2.45) is 5.92 Å². The molecule has 2 N–H and O–H groups in total. The second-order valence-corrected chi connectivity index (χ2v) is 7.83. The van der Waals surface area contributed by atoms with Gasteiger partial charge in [0.25, 0.3) is 0 Å². The minimum atomic E-state index is -1.00. The molecule has 3 aromatic rings. The van der Waals surface area contributed by atoms with Crippen molar-refractivity contribution in [3.05, 3.63) is 47.2 Å². The summed E-state index contributed by atoms with van der Waals surface area (Å²) in [4.78, 5) is 26.0. The van der Waals surface area contributed by atoms with Gasteiger partial charge in [-0.2, -0.15) is 0 Å². The van der Waals surface area contributed by atoms with E-state index in [1.54, 1.807) is 11.3 Å². The zero-order valence-electron chi connectivity index (χ0n) is 16.8. The normalized spacial score (nSPS) is 14.8. The molecule has 1 aliphatic rings. The number of rotatable bonds is 6. The third kappa shape index (κ3) is 5.07. The minimum Gasteiger partial charge on any atom is -1.00 e. The van der Waals surface area contributed by atoms with Crippen LogP contribution < -0.4 is 39.8 Å². The van der Waals surface area contributed by atoms with Crippen molar-refractivity contribution in [1.82, 2.24) is 20.3 Å². The van der Waals surface area contributed by atoms with E-state index >= 15 is 0 Å². The monoisotopic (exact) mass is 407 g/mol. The molecule has 28 heavy (non-hydrogen) atoms. The first-order valence-corrected chi connectivity index (χ1v) is 9.86. The smallest absolute Gasteiger partial charge is 1.00 e. The molecule has 7 nitrogen and oxygen atoms in total. The van der Waals surface area contributed by atoms with Gasteiger partial charge in [0.15, 0.2) is 0 Å². The maximum Gasteiger partial charge on any atom is 1.00 e. The van der Waals surface area contributed by atoms with Crippen LogP contribution in [-0.2, 0) is 6.54 Å². The number of aromatic nitrogens is 3. The summed E-state index contributed by atoms with van der Waals surface area (Å²) in [5.74, 6) is 0.231. The van der Waals surface area contributed by atoms with Crippen LogP contribution in [0.2, 0.25) is 0 Å². The first kappa shape index (κ1) is 21.1. The van der Waals surface area contributed by atoms with E-state index in [0.717, 1.165) is 49.5 Å². The summed E-state index contributed by atoms with van der Waals surface area (Å²) in [5, 5.41) is 13.6. The average molecular weight is 407 g/mol. The zero-order chi connectivity index (χ0) is 18.6. The first-order chi connectivity index (χ1) is 13.2. The van der Waals surface area contributed by atoms with Crippen LogP contribution >= 0.6 is 11.3 Å². The van der Waals surface area contributed by atoms with Crippen LogP contribution in [0.25, 0.3) is 10.2 Å². The fourth-order valence-corrected chi connectivity index (χ4v) is 4.25. The molecule has 0 radical (unpaired) electrons. The molecule has 0 amide bonds. The largest absolute Gasteiger partial charge is 1.00 e. The second kappa shape index (κ2) is 9.76. The third-order valence-electron chi connectivity index (χ3n) is 4.83. The van der Waals surface area contributed by atoms with E-state index < -0.39 is 5.97 Å². The standard InChI is InChI=1S/C19H21N5O2S.Na.H/c25-18(26)14-10-21-19(22-11-14)24-7-5-13(6-8-24)9-20-12-17-23-15-3-1-2-4-16(15)27-17;;/h1-4,10-11,13,20H,5-9,12H2,(H,25,26);;/q;+1;-1. The molecule has 0 atom stereocenters. The van der Waals surface area contributed by atoms with Crippen LogP contribution in [0.5, 0.6) is 0 Å². The zero-order valence-corrected chi connectivity index (χ0v) is 18.7. The van der Waals surface area contributed by atoms with Gasteiger partial charge in [-0.25, -0.2) is 19.7 Å². The first-order valence-electron chi connectivity index (χ1n) is 9.04. The number of aromatic carboxylic acids is 1. The maximum absolute atomic E-state index is 10.9. The summed E-state index contributed by atoms with van der Waals surface area (Å²) in [6, 6.07) is 8.23. The summed E-state index contributed by atoms with van der Waals surface area (Å²) in [6.45, 7) is 3.56. The van der Waals surface area contributed by atoms with E-state index in [2.05, 4.69) is 37.3 Å². The molecular formula is C19H22N5NaO2S. The van der Waals surface area contributed by atoms with Crippen molar-refractivity contribution < 1.29 is 40.9 Å². The molecule has 1 saturated heterocycles. The molecule has 142 valence electrons. The summed E-state index contributed by atoms with van der Waals surface area (Å²) < 4.78 is 1.23. The van der Waals surface area contributed by atoms with Gasteiger partial charge in [0, 0.05) is 32.0 Å². The number of hydrogen-bond acceptors (Lipinski definition) is 7. The van der Waals surface area contributed by atoms with Crippen molar-refractivity contribution in [3.63, 3.8) is 0 Å². The quantitative estimate of drug-likeness (QED) is 0.552. The average Bonchev–Trinajstić information content (AvgIpc) is 3.11. The Morgan fingerprint density at radius 2 is 1.96 bits per heavy atom. The van der Waals surface area contributed by atoms with Crippen LogP contribution in [0, 0.1) is 5.92 Å². The van der Waals surface area contributed by atoms with Crippen LogP contribution in [-0.4, -0.2) is 45.7 Å². The molecule has 4 rings (SSSR count). The number of nitrogens with one attached hydrogen (secondary N) is 1. The summed E-state index contributed by atoms with van der Waals surface area (Å²) in [6.07, 6.45) is 4.88. The predicted molar refractivity (Wildman–Crippen MR) is 106 cm³/mol. The van der Waals surface area contributed by atoms with E-state index in [1.807, 2.05) is 12.1 Å². The van der Waals surface area contributed by atoms with Gasteiger partial charge in [-0.3, -0.25) is 0 Å². The number of anilines is 1. The van der Waals surface area contributed by atoms with Crippen molar-refractivity contribution >= 4 is 33.5 Å². The fraction of sp³-hybridized carbons (Fsp3) is 0.368. The minimum absolute atomic E-state index is 0. The van der Waals surface area contributed by atoms with Gasteiger partial charge in [-0.15, -0.1) is 11.3 Å². The molecule has 9 heteroatoms. The third-order valence-corrected chi connectivity index (χ3v) is 5.87. The second-order valence-electron chi connectivity index (χ2n) is 6.71. The van der Waals surface area contributed by atoms with Gasteiger partial charge in [-0.1, -0.05) is 12.1 Å². The summed E-state index contributed by atoms with van der Waals surface area (Å²) in [7, 11) is 0. The van der Waals surface area contributed by atoms with Crippen molar-refractivity contribution in [2.45, 2.75) is 19.4 Å². The molecular weight excluding hydrogens is 385 g/mol. The van der Waals surface area contributed by atoms with Crippen molar-refractivity contribution in [1.29, 1.82) is 0 Å². The van der Waals surface area contributed by atoms with Crippen LogP contribution in [0.4, 0.5) is 5.95 Å².